The van der Waals surface area contributed by atoms with Crippen LogP contribution in [0.2, 0.25) is 5.02 Å². The zero-order valence-corrected chi connectivity index (χ0v) is 18.9. The summed E-state index contributed by atoms with van der Waals surface area (Å²) in [4.78, 5) is 19.8. The average molecular weight is 465 g/mol. The first-order chi connectivity index (χ1) is 14.3. The number of carbonyl (C=O) groups excluding carboxylic acids is 1. The molecule has 1 amide bonds. The van der Waals surface area contributed by atoms with Crippen LogP contribution in [-0.2, 0) is 10.0 Å². The van der Waals surface area contributed by atoms with E-state index in [9.17, 15) is 13.2 Å². The van der Waals surface area contributed by atoms with Gasteiger partial charge in [0, 0.05) is 32.9 Å². The van der Waals surface area contributed by atoms with E-state index in [0.29, 0.717) is 5.69 Å². The van der Waals surface area contributed by atoms with Crippen LogP contribution >= 0.6 is 22.9 Å². The van der Waals surface area contributed by atoms with Crippen LogP contribution in [0.1, 0.15) is 23.2 Å². The molecule has 1 fully saturated rings. The maximum absolute atomic E-state index is 12.8. The quantitative estimate of drug-likeness (QED) is 0.615. The number of benzene rings is 2. The Hall–Kier alpha value is -2.20. The molecule has 1 aliphatic rings. The molecule has 158 valence electrons. The van der Waals surface area contributed by atoms with Gasteiger partial charge in [0.1, 0.15) is 0 Å². The molecular formula is C20H21ClN4O3S2. The fourth-order valence-corrected chi connectivity index (χ4v) is 5.47. The minimum Gasteiger partial charge on any atom is -0.348 e. The summed E-state index contributed by atoms with van der Waals surface area (Å²) in [6, 6.07) is 9.62. The highest BCUT2D eigenvalue weighted by Crippen LogP contribution is 2.32. The van der Waals surface area contributed by atoms with Crippen molar-refractivity contribution in [1.82, 2.24) is 9.29 Å². The standard InChI is InChI=1S/C20H21ClN4O3S2/c1-24(2)30(27,28)14-6-7-16(21)15(12-14)19(26)22-13-5-8-17-18(11-13)29-20(23-17)25-9-3-4-10-25/h5-8,11-12H,3-4,9-10H2,1-2H3,(H,22,26). The summed E-state index contributed by atoms with van der Waals surface area (Å²) in [5, 5.41) is 3.99. The van der Waals surface area contributed by atoms with Gasteiger partial charge in [-0.05, 0) is 49.2 Å². The first-order valence-corrected chi connectivity index (χ1v) is 12.1. The zero-order chi connectivity index (χ0) is 21.5. The van der Waals surface area contributed by atoms with Gasteiger partial charge in [-0.3, -0.25) is 4.79 Å². The molecule has 10 heteroatoms. The number of hydrogen-bond donors (Lipinski definition) is 1. The Bertz CT molecular complexity index is 1220. The molecule has 7 nitrogen and oxygen atoms in total. The van der Waals surface area contributed by atoms with E-state index >= 15 is 0 Å². The number of amides is 1. The van der Waals surface area contributed by atoms with Crippen molar-refractivity contribution in [2.24, 2.45) is 0 Å². The summed E-state index contributed by atoms with van der Waals surface area (Å²) in [5.74, 6) is -0.473. The molecule has 2 aromatic carbocycles. The van der Waals surface area contributed by atoms with Crippen LogP contribution in [0.25, 0.3) is 10.2 Å². The predicted molar refractivity (Wildman–Crippen MR) is 121 cm³/mol. The number of aromatic nitrogens is 1. The highest BCUT2D eigenvalue weighted by atomic mass is 35.5. The van der Waals surface area contributed by atoms with Crippen LogP contribution in [0.15, 0.2) is 41.3 Å². The molecule has 0 aliphatic carbocycles. The lowest BCUT2D eigenvalue weighted by molar-refractivity contribution is 0.102. The largest absolute Gasteiger partial charge is 0.348 e. The lowest BCUT2D eigenvalue weighted by Crippen LogP contribution is -2.23. The van der Waals surface area contributed by atoms with Gasteiger partial charge in [-0.1, -0.05) is 22.9 Å². The third-order valence-electron chi connectivity index (χ3n) is 4.97. The van der Waals surface area contributed by atoms with Crippen LogP contribution in [0.5, 0.6) is 0 Å². The number of carbonyl (C=O) groups is 1. The lowest BCUT2D eigenvalue weighted by atomic mass is 10.2. The van der Waals surface area contributed by atoms with Crippen molar-refractivity contribution in [3.63, 3.8) is 0 Å². The van der Waals surface area contributed by atoms with Gasteiger partial charge < -0.3 is 10.2 Å². The number of nitrogens with one attached hydrogen (secondary N) is 1. The summed E-state index contributed by atoms with van der Waals surface area (Å²) in [5.41, 5.74) is 1.58. The fourth-order valence-electron chi connectivity index (χ4n) is 3.28. The number of thiazole rings is 1. The molecule has 1 N–H and O–H groups in total. The van der Waals surface area contributed by atoms with Crippen molar-refractivity contribution >= 4 is 59.9 Å². The third kappa shape index (κ3) is 4.02. The van der Waals surface area contributed by atoms with Crippen LogP contribution in [0.4, 0.5) is 10.8 Å². The summed E-state index contributed by atoms with van der Waals surface area (Å²) in [7, 11) is -0.804. The highest BCUT2D eigenvalue weighted by molar-refractivity contribution is 7.89. The minimum atomic E-state index is -3.67. The Morgan fingerprint density at radius 3 is 2.60 bits per heavy atom. The molecule has 0 atom stereocenters. The first kappa shape index (κ1) is 21.0. The van der Waals surface area contributed by atoms with Crippen molar-refractivity contribution < 1.29 is 13.2 Å². The molecule has 0 radical (unpaired) electrons. The van der Waals surface area contributed by atoms with E-state index in [0.717, 1.165) is 32.7 Å². The van der Waals surface area contributed by atoms with Gasteiger partial charge in [0.15, 0.2) is 5.13 Å². The summed E-state index contributed by atoms with van der Waals surface area (Å²) >= 11 is 7.77. The molecule has 0 spiro atoms. The second-order valence-corrected chi connectivity index (χ2v) is 10.8. The van der Waals surface area contributed by atoms with E-state index in [1.807, 2.05) is 12.1 Å². The van der Waals surface area contributed by atoms with Gasteiger partial charge in [0.05, 0.1) is 25.7 Å². The monoisotopic (exact) mass is 464 g/mol. The van der Waals surface area contributed by atoms with Crippen LogP contribution in [0, 0.1) is 0 Å². The SMILES string of the molecule is CN(C)S(=O)(=O)c1ccc(Cl)c(C(=O)Nc2ccc3nc(N4CCCC4)sc3c2)c1. The molecule has 1 aromatic heterocycles. The minimum absolute atomic E-state index is 0.00946. The molecule has 0 bridgehead atoms. The van der Waals surface area contributed by atoms with Gasteiger partial charge >= 0.3 is 0 Å². The fraction of sp³-hybridized carbons (Fsp3) is 0.300. The summed E-state index contributed by atoms with van der Waals surface area (Å²) < 4.78 is 26.8. The topological polar surface area (TPSA) is 82.6 Å². The molecule has 1 aliphatic heterocycles. The molecular weight excluding hydrogens is 444 g/mol. The Labute approximate surface area is 184 Å². The van der Waals surface area contributed by atoms with E-state index in [1.165, 1.54) is 45.1 Å². The summed E-state index contributed by atoms with van der Waals surface area (Å²) in [6.07, 6.45) is 2.36. The number of anilines is 2. The average Bonchev–Trinajstić information content (AvgIpc) is 3.37. The Kier molecular flexibility index (Phi) is 5.71. The van der Waals surface area contributed by atoms with Gasteiger partial charge in [-0.2, -0.15) is 0 Å². The number of sulfonamides is 1. The Morgan fingerprint density at radius 1 is 1.17 bits per heavy atom. The van der Waals surface area contributed by atoms with E-state index in [-0.39, 0.29) is 15.5 Å². The second-order valence-electron chi connectivity index (χ2n) is 7.26. The van der Waals surface area contributed by atoms with Gasteiger partial charge in [-0.25, -0.2) is 17.7 Å². The van der Waals surface area contributed by atoms with Crippen LogP contribution < -0.4 is 10.2 Å². The number of hydrogen-bond acceptors (Lipinski definition) is 6. The van der Waals surface area contributed by atoms with Crippen molar-refractivity contribution in [2.45, 2.75) is 17.7 Å². The molecule has 30 heavy (non-hydrogen) atoms. The van der Waals surface area contributed by atoms with E-state index in [2.05, 4.69) is 15.2 Å². The molecule has 3 aromatic rings. The maximum Gasteiger partial charge on any atom is 0.257 e. The molecule has 0 saturated carbocycles. The van der Waals surface area contributed by atoms with Crippen molar-refractivity contribution in [1.29, 1.82) is 0 Å². The second kappa shape index (κ2) is 8.14. The summed E-state index contributed by atoms with van der Waals surface area (Å²) in [6.45, 7) is 2.04. The number of rotatable bonds is 5. The van der Waals surface area contributed by atoms with E-state index < -0.39 is 15.9 Å². The maximum atomic E-state index is 12.8. The van der Waals surface area contributed by atoms with Crippen LogP contribution in [0.3, 0.4) is 0 Å². The normalized spacial score (nSPS) is 14.6. The Balaban J connectivity index is 1.60. The smallest absolute Gasteiger partial charge is 0.257 e. The van der Waals surface area contributed by atoms with Gasteiger partial charge in [-0.15, -0.1) is 0 Å². The third-order valence-corrected chi connectivity index (χ3v) is 8.19. The van der Waals surface area contributed by atoms with Gasteiger partial charge in [0.2, 0.25) is 10.0 Å². The molecule has 0 unspecified atom stereocenters. The van der Waals surface area contributed by atoms with Crippen molar-refractivity contribution in [3.8, 4) is 0 Å². The molecule has 4 rings (SSSR count). The molecule has 1 saturated heterocycles. The molecule has 2 heterocycles. The highest BCUT2D eigenvalue weighted by Gasteiger charge is 2.21. The predicted octanol–water partition coefficient (Wildman–Crippen LogP) is 4.05. The van der Waals surface area contributed by atoms with Crippen LogP contribution in [-0.4, -0.2) is 50.8 Å². The van der Waals surface area contributed by atoms with E-state index in [1.54, 1.807) is 17.4 Å². The Morgan fingerprint density at radius 2 is 1.90 bits per heavy atom. The van der Waals surface area contributed by atoms with Crippen molar-refractivity contribution in [2.75, 3.05) is 37.4 Å². The van der Waals surface area contributed by atoms with Gasteiger partial charge in [0.25, 0.3) is 5.91 Å². The number of fused-ring (bicyclic) bond motifs is 1. The number of halogens is 1. The first-order valence-electron chi connectivity index (χ1n) is 9.45. The number of nitrogens with zero attached hydrogens (tertiary/aromatic N) is 3. The zero-order valence-electron chi connectivity index (χ0n) is 16.6. The van der Waals surface area contributed by atoms with Crippen molar-refractivity contribution in [3.05, 3.63) is 47.0 Å². The lowest BCUT2D eigenvalue weighted by Gasteiger charge is -2.13. The van der Waals surface area contributed by atoms with E-state index in [4.69, 9.17) is 11.6 Å².